The molecule has 0 atom stereocenters. The van der Waals surface area contributed by atoms with Gasteiger partial charge in [0.25, 0.3) is 15.9 Å². The van der Waals surface area contributed by atoms with E-state index < -0.39 is 10.0 Å². The highest BCUT2D eigenvalue weighted by Gasteiger charge is 2.24. The summed E-state index contributed by atoms with van der Waals surface area (Å²) in [6.07, 6.45) is 1.94. The van der Waals surface area contributed by atoms with E-state index in [1.165, 1.54) is 12.1 Å². The molecule has 2 aromatic carbocycles. The number of ether oxygens (including phenoxy) is 1. The predicted octanol–water partition coefficient (Wildman–Crippen LogP) is 3.54. The van der Waals surface area contributed by atoms with Crippen LogP contribution in [0, 0.1) is 0 Å². The van der Waals surface area contributed by atoms with Crippen LogP contribution in [0.3, 0.4) is 0 Å². The molecule has 2 aromatic rings. The van der Waals surface area contributed by atoms with Crippen molar-refractivity contribution >= 4 is 37.5 Å². The van der Waals surface area contributed by atoms with Gasteiger partial charge in [0, 0.05) is 11.6 Å². The van der Waals surface area contributed by atoms with Gasteiger partial charge in [-0.3, -0.25) is 9.52 Å². The number of anilines is 1. The Hall–Kier alpha value is -2.06. The zero-order chi connectivity index (χ0) is 18.7. The molecule has 0 bridgehead atoms. The number of hydrogen-bond donors (Lipinski definition) is 2. The number of amides is 1. The number of benzene rings is 2. The molecule has 0 aliphatic heterocycles. The van der Waals surface area contributed by atoms with Crippen molar-refractivity contribution in [3.05, 3.63) is 52.5 Å². The fourth-order valence-corrected chi connectivity index (χ4v) is 3.94. The fraction of sp³-hybridized carbons (Fsp3) is 0.278. The van der Waals surface area contributed by atoms with Gasteiger partial charge in [0.1, 0.15) is 5.75 Å². The Morgan fingerprint density at radius 3 is 2.65 bits per heavy atom. The lowest BCUT2D eigenvalue weighted by atomic mass is 10.2. The summed E-state index contributed by atoms with van der Waals surface area (Å²) in [6, 6.07) is 11.1. The largest absolute Gasteiger partial charge is 0.493 e. The highest BCUT2D eigenvalue weighted by atomic mass is 79.9. The Morgan fingerprint density at radius 2 is 2.00 bits per heavy atom. The Balaban J connectivity index is 1.79. The van der Waals surface area contributed by atoms with Crippen molar-refractivity contribution in [1.82, 2.24) is 5.32 Å². The first-order chi connectivity index (χ1) is 12.4. The van der Waals surface area contributed by atoms with Gasteiger partial charge in [-0.25, -0.2) is 8.42 Å². The second-order valence-electron chi connectivity index (χ2n) is 5.96. The maximum absolute atomic E-state index is 12.6. The smallest absolute Gasteiger partial charge is 0.261 e. The highest BCUT2D eigenvalue weighted by molar-refractivity contribution is 9.10. The Bertz CT molecular complexity index is 927. The van der Waals surface area contributed by atoms with Crippen molar-refractivity contribution in [3.8, 4) is 5.75 Å². The van der Waals surface area contributed by atoms with Crippen LogP contribution in [0.25, 0.3) is 0 Å². The molecule has 0 saturated heterocycles. The van der Waals surface area contributed by atoms with E-state index in [2.05, 4.69) is 26.0 Å². The van der Waals surface area contributed by atoms with Gasteiger partial charge in [-0.15, -0.1) is 0 Å². The second kappa shape index (κ2) is 7.67. The molecule has 0 aromatic heterocycles. The number of carbonyl (C=O) groups is 1. The lowest BCUT2D eigenvalue weighted by Crippen LogP contribution is -2.25. The van der Waals surface area contributed by atoms with Gasteiger partial charge in [-0.1, -0.05) is 6.07 Å². The van der Waals surface area contributed by atoms with Crippen LogP contribution in [0.1, 0.15) is 30.1 Å². The Morgan fingerprint density at radius 1 is 1.23 bits per heavy atom. The summed E-state index contributed by atoms with van der Waals surface area (Å²) in [5.41, 5.74) is 0.723. The van der Waals surface area contributed by atoms with Crippen molar-refractivity contribution < 1.29 is 17.9 Å². The summed E-state index contributed by atoms with van der Waals surface area (Å²) in [5.74, 6) is 0.377. The molecule has 6 nitrogen and oxygen atoms in total. The zero-order valence-corrected chi connectivity index (χ0v) is 16.6. The maximum atomic E-state index is 12.6. The third kappa shape index (κ3) is 4.56. The van der Waals surface area contributed by atoms with Crippen LogP contribution in [0.15, 0.2) is 51.8 Å². The van der Waals surface area contributed by atoms with E-state index >= 15 is 0 Å². The van der Waals surface area contributed by atoms with Gasteiger partial charge >= 0.3 is 0 Å². The first-order valence-corrected chi connectivity index (χ1v) is 10.5. The topological polar surface area (TPSA) is 84.5 Å². The highest BCUT2D eigenvalue weighted by Crippen LogP contribution is 2.29. The van der Waals surface area contributed by atoms with Crippen LogP contribution >= 0.6 is 15.9 Å². The normalized spacial score (nSPS) is 13.9. The second-order valence-corrected chi connectivity index (χ2v) is 8.50. The third-order valence-electron chi connectivity index (χ3n) is 3.80. The molecule has 1 aliphatic carbocycles. The fourth-order valence-electron chi connectivity index (χ4n) is 2.35. The summed E-state index contributed by atoms with van der Waals surface area (Å²) in [7, 11) is -3.82. The number of nitrogens with one attached hydrogen (secondary N) is 2. The summed E-state index contributed by atoms with van der Waals surface area (Å²) >= 11 is 3.36. The van der Waals surface area contributed by atoms with Crippen LogP contribution < -0.4 is 14.8 Å². The Labute approximate surface area is 161 Å². The molecule has 26 heavy (non-hydrogen) atoms. The molecule has 1 fully saturated rings. The summed E-state index contributed by atoms with van der Waals surface area (Å²) in [5, 5.41) is 2.85. The lowest BCUT2D eigenvalue weighted by Gasteiger charge is -2.11. The molecule has 0 heterocycles. The molecule has 8 heteroatoms. The van der Waals surface area contributed by atoms with Gasteiger partial charge in [0.05, 0.1) is 21.7 Å². The quantitative estimate of drug-likeness (QED) is 0.691. The maximum Gasteiger partial charge on any atom is 0.261 e. The number of rotatable bonds is 7. The van der Waals surface area contributed by atoms with Gasteiger partial charge in [0.15, 0.2) is 0 Å². The van der Waals surface area contributed by atoms with E-state index in [9.17, 15) is 13.2 Å². The SMILES string of the molecule is CCOc1ccc(NS(=O)(=O)c2cccc(C(=O)NC3CC3)c2)cc1Br. The van der Waals surface area contributed by atoms with Crippen molar-refractivity contribution in [2.75, 3.05) is 11.3 Å². The minimum atomic E-state index is -3.82. The molecule has 1 amide bonds. The van der Waals surface area contributed by atoms with Gasteiger partial charge in [-0.2, -0.15) is 0 Å². The molecule has 3 rings (SSSR count). The monoisotopic (exact) mass is 438 g/mol. The summed E-state index contributed by atoms with van der Waals surface area (Å²) in [6.45, 7) is 2.38. The van der Waals surface area contributed by atoms with Crippen LogP contribution in [0.4, 0.5) is 5.69 Å². The first-order valence-electron chi connectivity index (χ1n) is 8.25. The van der Waals surface area contributed by atoms with Crippen LogP contribution in [0.2, 0.25) is 0 Å². The molecule has 2 N–H and O–H groups in total. The van der Waals surface area contributed by atoms with Crippen molar-refractivity contribution in [2.24, 2.45) is 0 Å². The molecule has 1 saturated carbocycles. The van der Waals surface area contributed by atoms with E-state index in [4.69, 9.17) is 4.74 Å². The molecular weight excluding hydrogens is 420 g/mol. The van der Waals surface area contributed by atoms with Crippen molar-refractivity contribution in [2.45, 2.75) is 30.7 Å². The third-order valence-corrected chi connectivity index (χ3v) is 5.80. The van der Waals surface area contributed by atoms with Crippen molar-refractivity contribution in [1.29, 1.82) is 0 Å². The van der Waals surface area contributed by atoms with Gasteiger partial charge in [0.2, 0.25) is 0 Å². The van der Waals surface area contributed by atoms with Crippen LogP contribution in [-0.4, -0.2) is 27.0 Å². The average molecular weight is 439 g/mol. The molecule has 0 unspecified atom stereocenters. The molecular formula is C18H19BrN2O4S. The van der Waals surface area contributed by atoms with E-state index in [1.807, 2.05) is 6.92 Å². The van der Waals surface area contributed by atoms with Crippen LogP contribution in [-0.2, 0) is 10.0 Å². The number of halogens is 1. The number of sulfonamides is 1. The van der Waals surface area contributed by atoms with Gasteiger partial charge < -0.3 is 10.1 Å². The lowest BCUT2D eigenvalue weighted by molar-refractivity contribution is 0.0951. The summed E-state index contributed by atoms with van der Waals surface area (Å²) < 4.78 is 33.9. The van der Waals surface area contributed by atoms with Crippen LogP contribution in [0.5, 0.6) is 5.75 Å². The van der Waals surface area contributed by atoms with E-state index in [1.54, 1.807) is 30.3 Å². The number of hydrogen-bond acceptors (Lipinski definition) is 4. The zero-order valence-electron chi connectivity index (χ0n) is 14.2. The first kappa shape index (κ1) is 18.7. The minimum absolute atomic E-state index is 0.0333. The predicted molar refractivity (Wildman–Crippen MR) is 103 cm³/mol. The van der Waals surface area contributed by atoms with Crippen molar-refractivity contribution in [3.63, 3.8) is 0 Å². The molecule has 138 valence electrons. The minimum Gasteiger partial charge on any atom is -0.493 e. The average Bonchev–Trinajstić information content (AvgIpc) is 3.41. The van der Waals surface area contributed by atoms with Gasteiger partial charge in [-0.05, 0) is 72.1 Å². The molecule has 0 spiro atoms. The summed E-state index contributed by atoms with van der Waals surface area (Å²) in [4.78, 5) is 12.2. The standard InChI is InChI=1S/C18H19BrN2O4S/c1-2-25-17-9-8-14(11-16(17)19)21-26(23,24)15-5-3-4-12(10-15)18(22)20-13-6-7-13/h3-5,8-11,13,21H,2,6-7H2,1H3,(H,20,22). The Kier molecular flexibility index (Phi) is 5.52. The van der Waals surface area contributed by atoms with E-state index in [0.717, 1.165) is 12.8 Å². The number of carbonyl (C=O) groups excluding carboxylic acids is 1. The van der Waals surface area contributed by atoms with E-state index in [-0.39, 0.29) is 16.8 Å². The van der Waals surface area contributed by atoms with E-state index in [0.29, 0.717) is 28.1 Å². The molecule has 0 radical (unpaired) electrons. The molecule has 1 aliphatic rings.